The second-order valence-corrected chi connectivity index (χ2v) is 5.46. The highest BCUT2D eigenvalue weighted by atomic mass is 16.3. The molecule has 0 aliphatic heterocycles. The Labute approximate surface area is 93.9 Å². The van der Waals surface area contributed by atoms with E-state index in [1.165, 1.54) is 12.8 Å². The van der Waals surface area contributed by atoms with Crippen molar-refractivity contribution < 1.29 is 5.11 Å². The van der Waals surface area contributed by atoms with Crippen LogP contribution >= 0.6 is 0 Å². The van der Waals surface area contributed by atoms with Crippen molar-refractivity contribution >= 4 is 0 Å². The predicted octanol–water partition coefficient (Wildman–Crippen LogP) is 1.22. The summed E-state index contributed by atoms with van der Waals surface area (Å²) >= 11 is 0. The Kier molecular flexibility index (Phi) is 4.56. The zero-order valence-corrected chi connectivity index (χ0v) is 10.6. The first-order valence-electron chi connectivity index (χ1n) is 6.05. The van der Waals surface area contributed by atoms with Crippen LogP contribution in [0.3, 0.4) is 0 Å². The number of hydrogen-bond donors (Lipinski definition) is 2. The molecule has 3 nitrogen and oxygen atoms in total. The lowest BCUT2D eigenvalue weighted by molar-refractivity contribution is 0.143. The SMILES string of the molecule is CC(C)N(C)CCC(C)(CO)NC1CC1. The van der Waals surface area contributed by atoms with E-state index in [1.807, 2.05) is 0 Å². The summed E-state index contributed by atoms with van der Waals surface area (Å²) in [5.41, 5.74) is -0.0929. The Morgan fingerprint density at radius 2 is 2.07 bits per heavy atom. The third kappa shape index (κ3) is 4.49. The standard InChI is InChI=1S/C12H26N2O/c1-10(2)14(4)8-7-12(3,9-15)13-11-5-6-11/h10-11,13,15H,5-9H2,1-4H3. The minimum atomic E-state index is -0.0929. The molecular weight excluding hydrogens is 188 g/mol. The summed E-state index contributed by atoms with van der Waals surface area (Å²) in [5.74, 6) is 0. The molecule has 0 amide bonds. The van der Waals surface area contributed by atoms with Gasteiger partial charge in [0.25, 0.3) is 0 Å². The van der Waals surface area contributed by atoms with Crippen LogP contribution in [0, 0.1) is 0 Å². The molecule has 2 N–H and O–H groups in total. The van der Waals surface area contributed by atoms with E-state index in [9.17, 15) is 5.11 Å². The number of hydrogen-bond acceptors (Lipinski definition) is 3. The second-order valence-electron chi connectivity index (χ2n) is 5.46. The summed E-state index contributed by atoms with van der Waals surface area (Å²) in [7, 11) is 2.14. The summed E-state index contributed by atoms with van der Waals surface area (Å²) in [6, 6.07) is 1.24. The fourth-order valence-corrected chi connectivity index (χ4v) is 1.60. The Bertz CT molecular complexity index is 192. The highest BCUT2D eigenvalue weighted by Gasteiger charge is 2.31. The molecule has 0 aromatic carbocycles. The topological polar surface area (TPSA) is 35.5 Å². The number of rotatable bonds is 7. The summed E-state index contributed by atoms with van der Waals surface area (Å²) in [6.45, 7) is 7.79. The van der Waals surface area contributed by atoms with Gasteiger partial charge in [-0.3, -0.25) is 0 Å². The number of aliphatic hydroxyl groups excluding tert-OH is 1. The average molecular weight is 214 g/mol. The molecule has 0 aromatic heterocycles. The first kappa shape index (κ1) is 12.9. The van der Waals surface area contributed by atoms with Crippen molar-refractivity contribution in [3.8, 4) is 0 Å². The summed E-state index contributed by atoms with van der Waals surface area (Å²) in [4.78, 5) is 2.32. The first-order valence-corrected chi connectivity index (χ1v) is 6.05. The molecule has 0 radical (unpaired) electrons. The molecule has 1 aliphatic rings. The van der Waals surface area contributed by atoms with E-state index >= 15 is 0 Å². The Morgan fingerprint density at radius 3 is 2.47 bits per heavy atom. The molecule has 90 valence electrons. The van der Waals surface area contributed by atoms with Crippen LogP contribution in [0.15, 0.2) is 0 Å². The maximum absolute atomic E-state index is 9.43. The van der Waals surface area contributed by atoms with Gasteiger partial charge in [0.1, 0.15) is 0 Å². The molecule has 1 fully saturated rings. The zero-order chi connectivity index (χ0) is 11.5. The van der Waals surface area contributed by atoms with Crippen molar-refractivity contribution in [3.63, 3.8) is 0 Å². The van der Waals surface area contributed by atoms with Gasteiger partial charge in [-0.15, -0.1) is 0 Å². The van der Waals surface area contributed by atoms with E-state index < -0.39 is 0 Å². The van der Waals surface area contributed by atoms with E-state index in [0.29, 0.717) is 12.1 Å². The van der Waals surface area contributed by atoms with Crippen LogP contribution in [0.5, 0.6) is 0 Å². The van der Waals surface area contributed by atoms with Gasteiger partial charge in [0.15, 0.2) is 0 Å². The van der Waals surface area contributed by atoms with Crippen molar-refractivity contribution in [2.45, 2.75) is 57.7 Å². The van der Waals surface area contributed by atoms with Gasteiger partial charge in [0.05, 0.1) is 6.61 Å². The molecular formula is C12H26N2O. The molecule has 0 spiro atoms. The number of nitrogens with zero attached hydrogens (tertiary/aromatic N) is 1. The Morgan fingerprint density at radius 1 is 1.47 bits per heavy atom. The van der Waals surface area contributed by atoms with Crippen molar-refractivity contribution in [2.75, 3.05) is 20.2 Å². The molecule has 15 heavy (non-hydrogen) atoms. The minimum absolute atomic E-state index is 0.0929. The molecule has 0 aromatic rings. The highest BCUT2D eigenvalue weighted by molar-refractivity contribution is 4.92. The van der Waals surface area contributed by atoms with Crippen LogP contribution in [-0.4, -0.2) is 47.8 Å². The largest absolute Gasteiger partial charge is 0.394 e. The van der Waals surface area contributed by atoms with Crippen molar-refractivity contribution in [1.82, 2.24) is 10.2 Å². The number of nitrogens with one attached hydrogen (secondary N) is 1. The molecule has 0 saturated heterocycles. The van der Waals surface area contributed by atoms with E-state index in [-0.39, 0.29) is 12.1 Å². The van der Waals surface area contributed by atoms with Gasteiger partial charge in [-0.25, -0.2) is 0 Å². The Balaban J connectivity index is 2.30. The van der Waals surface area contributed by atoms with Gasteiger partial charge in [0, 0.05) is 17.6 Å². The summed E-state index contributed by atoms with van der Waals surface area (Å²) in [5, 5.41) is 13.0. The van der Waals surface area contributed by atoms with Crippen molar-refractivity contribution in [2.24, 2.45) is 0 Å². The van der Waals surface area contributed by atoms with Gasteiger partial charge >= 0.3 is 0 Å². The maximum atomic E-state index is 9.43. The smallest absolute Gasteiger partial charge is 0.0611 e. The fraction of sp³-hybridized carbons (Fsp3) is 1.00. The van der Waals surface area contributed by atoms with Crippen molar-refractivity contribution in [1.29, 1.82) is 0 Å². The Hall–Kier alpha value is -0.120. The van der Waals surface area contributed by atoms with Gasteiger partial charge in [-0.05, 0) is 53.6 Å². The highest BCUT2D eigenvalue weighted by Crippen LogP contribution is 2.24. The van der Waals surface area contributed by atoms with Crippen LogP contribution in [0.4, 0.5) is 0 Å². The van der Waals surface area contributed by atoms with E-state index in [0.717, 1.165) is 13.0 Å². The normalized spacial score (nSPS) is 21.0. The molecule has 1 atom stereocenters. The molecule has 1 unspecified atom stereocenters. The summed E-state index contributed by atoms with van der Waals surface area (Å²) < 4.78 is 0. The van der Waals surface area contributed by atoms with Crippen molar-refractivity contribution in [3.05, 3.63) is 0 Å². The van der Waals surface area contributed by atoms with Crippen LogP contribution in [-0.2, 0) is 0 Å². The number of aliphatic hydroxyl groups is 1. The van der Waals surface area contributed by atoms with Gasteiger partial charge < -0.3 is 15.3 Å². The van der Waals surface area contributed by atoms with Crippen LogP contribution in [0.2, 0.25) is 0 Å². The summed E-state index contributed by atoms with van der Waals surface area (Å²) in [6.07, 6.45) is 3.56. The third-order valence-electron chi connectivity index (χ3n) is 3.38. The van der Waals surface area contributed by atoms with Gasteiger partial charge in [-0.2, -0.15) is 0 Å². The molecule has 1 rings (SSSR count). The third-order valence-corrected chi connectivity index (χ3v) is 3.38. The molecule has 0 heterocycles. The second kappa shape index (κ2) is 5.28. The van der Waals surface area contributed by atoms with E-state index in [1.54, 1.807) is 0 Å². The molecule has 1 aliphatic carbocycles. The quantitative estimate of drug-likeness (QED) is 0.669. The molecule has 0 bridgehead atoms. The maximum Gasteiger partial charge on any atom is 0.0611 e. The van der Waals surface area contributed by atoms with Crippen LogP contribution in [0.1, 0.15) is 40.0 Å². The monoisotopic (exact) mass is 214 g/mol. The first-order chi connectivity index (χ1) is 6.97. The lowest BCUT2D eigenvalue weighted by Gasteiger charge is -2.32. The molecule has 3 heteroatoms. The molecule has 1 saturated carbocycles. The van der Waals surface area contributed by atoms with E-state index in [2.05, 4.69) is 38.0 Å². The lowest BCUT2D eigenvalue weighted by Crippen LogP contribution is -2.49. The van der Waals surface area contributed by atoms with Crippen LogP contribution in [0.25, 0.3) is 0 Å². The predicted molar refractivity (Wildman–Crippen MR) is 64.0 cm³/mol. The van der Waals surface area contributed by atoms with E-state index in [4.69, 9.17) is 0 Å². The van der Waals surface area contributed by atoms with Gasteiger partial charge in [0.2, 0.25) is 0 Å². The lowest BCUT2D eigenvalue weighted by atomic mass is 9.98. The fourth-order valence-electron chi connectivity index (χ4n) is 1.60. The minimum Gasteiger partial charge on any atom is -0.394 e. The zero-order valence-electron chi connectivity index (χ0n) is 10.6. The average Bonchev–Trinajstić information content (AvgIpc) is 2.98. The van der Waals surface area contributed by atoms with Gasteiger partial charge in [-0.1, -0.05) is 0 Å². The van der Waals surface area contributed by atoms with Crippen LogP contribution < -0.4 is 5.32 Å².